The number of nitrogens with zero attached hydrogens (tertiary/aromatic N) is 1. The summed E-state index contributed by atoms with van der Waals surface area (Å²) < 4.78 is 0. The molecule has 1 aliphatic rings. The molecule has 2 amide bonds. The van der Waals surface area contributed by atoms with Crippen LogP contribution >= 0.6 is 0 Å². The van der Waals surface area contributed by atoms with Crippen molar-refractivity contribution >= 4 is 17.5 Å². The summed E-state index contributed by atoms with van der Waals surface area (Å²) in [6.45, 7) is 3.14. The van der Waals surface area contributed by atoms with Crippen LogP contribution < -0.4 is 5.32 Å². The molecule has 0 aromatic heterocycles. The molecule has 2 aromatic rings. The van der Waals surface area contributed by atoms with Gasteiger partial charge in [-0.25, -0.2) is 0 Å². The molecule has 1 N–H and O–H groups in total. The number of anilines is 1. The van der Waals surface area contributed by atoms with Gasteiger partial charge in [0.25, 0.3) is 0 Å². The normalized spacial score (nSPS) is 17.1. The Bertz CT molecular complexity index is 710. The first kappa shape index (κ1) is 16.2. The summed E-state index contributed by atoms with van der Waals surface area (Å²) in [6, 6.07) is 17.7. The van der Waals surface area contributed by atoms with Gasteiger partial charge < -0.3 is 10.2 Å². The highest BCUT2D eigenvalue weighted by Gasteiger charge is 2.34. The Morgan fingerprint density at radius 2 is 1.79 bits per heavy atom. The lowest BCUT2D eigenvalue weighted by Gasteiger charge is -2.16. The van der Waals surface area contributed by atoms with E-state index < -0.39 is 0 Å². The van der Waals surface area contributed by atoms with E-state index in [2.05, 4.69) is 12.2 Å². The summed E-state index contributed by atoms with van der Waals surface area (Å²) >= 11 is 0. The summed E-state index contributed by atoms with van der Waals surface area (Å²) in [5.41, 5.74) is 3.10. The highest BCUT2D eigenvalue weighted by molar-refractivity contribution is 5.97. The van der Waals surface area contributed by atoms with E-state index in [0.29, 0.717) is 13.1 Å². The maximum Gasteiger partial charge on any atom is 0.229 e. The van der Waals surface area contributed by atoms with Crippen molar-refractivity contribution in [3.63, 3.8) is 0 Å². The molecule has 3 rings (SSSR count). The van der Waals surface area contributed by atoms with Crippen LogP contribution in [0, 0.1) is 5.92 Å². The number of hydrogen-bond acceptors (Lipinski definition) is 2. The molecule has 4 heteroatoms. The van der Waals surface area contributed by atoms with E-state index in [-0.39, 0.29) is 24.2 Å². The van der Waals surface area contributed by atoms with Crippen LogP contribution in [0.2, 0.25) is 0 Å². The van der Waals surface area contributed by atoms with Crippen molar-refractivity contribution in [2.45, 2.75) is 26.3 Å². The summed E-state index contributed by atoms with van der Waals surface area (Å²) in [5.74, 6) is -0.324. The van der Waals surface area contributed by atoms with Crippen molar-refractivity contribution in [3.05, 3.63) is 65.7 Å². The smallest absolute Gasteiger partial charge is 0.229 e. The van der Waals surface area contributed by atoms with Crippen LogP contribution in [0.5, 0.6) is 0 Å². The van der Waals surface area contributed by atoms with E-state index in [1.54, 1.807) is 4.90 Å². The molecule has 0 radical (unpaired) electrons. The molecule has 0 bridgehead atoms. The van der Waals surface area contributed by atoms with Gasteiger partial charge in [-0.2, -0.15) is 0 Å². The number of likely N-dealkylation sites (tertiary alicyclic amines) is 1. The van der Waals surface area contributed by atoms with Crippen LogP contribution in [0.1, 0.15) is 24.5 Å². The Hall–Kier alpha value is -2.62. The highest BCUT2D eigenvalue weighted by atomic mass is 16.2. The molecule has 0 unspecified atom stereocenters. The van der Waals surface area contributed by atoms with Crippen LogP contribution in [0.3, 0.4) is 0 Å². The van der Waals surface area contributed by atoms with E-state index in [1.807, 2.05) is 54.6 Å². The first-order chi connectivity index (χ1) is 11.7. The lowest BCUT2D eigenvalue weighted by Crippen LogP contribution is -2.28. The van der Waals surface area contributed by atoms with E-state index in [0.717, 1.165) is 17.7 Å². The van der Waals surface area contributed by atoms with Crippen molar-refractivity contribution in [1.82, 2.24) is 4.90 Å². The van der Waals surface area contributed by atoms with Crippen LogP contribution in [-0.4, -0.2) is 23.3 Å². The minimum Gasteiger partial charge on any atom is -0.338 e. The number of aryl methyl sites for hydroxylation is 1. The number of benzene rings is 2. The molecule has 1 heterocycles. The van der Waals surface area contributed by atoms with E-state index in [9.17, 15) is 9.59 Å². The van der Waals surface area contributed by atoms with Gasteiger partial charge in [0.15, 0.2) is 0 Å². The van der Waals surface area contributed by atoms with Crippen LogP contribution in [0.4, 0.5) is 5.69 Å². The molecule has 0 aliphatic carbocycles. The Kier molecular flexibility index (Phi) is 4.94. The predicted octanol–water partition coefficient (Wildman–Crippen LogP) is 3.24. The summed E-state index contributed by atoms with van der Waals surface area (Å²) in [5, 5.41) is 2.92. The lowest BCUT2D eigenvalue weighted by molar-refractivity contribution is -0.128. The molecular weight excluding hydrogens is 300 g/mol. The Morgan fingerprint density at radius 1 is 1.08 bits per heavy atom. The fraction of sp³-hybridized carbons (Fsp3) is 0.300. The van der Waals surface area contributed by atoms with Gasteiger partial charge in [-0.3, -0.25) is 9.59 Å². The average molecular weight is 322 g/mol. The Balaban J connectivity index is 1.59. The fourth-order valence-corrected chi connectivity index (χ4v) is 2.97. The average Bonchev–Trinajstić information content (AvgIpc) is 2.97. The molecule has 24 heavy (non-hydrogen) atoms. The molecule has 0 spiro atoms. The van der Waals surface area contributed by atoms with Gasteiger partial charge in [-0.05, 0) is 29.7 Å². The Morgan fingerprint density at radius 3 is 2.46 bits per heavy atom. The third-order valence-corrected chi connectivity index (χ3v) is 4.43. The monoisotopic (exact) mass is 322 g/mol. The zero-order valence-electron chi connectivity index (χ0n) is 13.9. The minimum atomic E-state index is -0.285. The predicted molar refractivity (Wildman–Crippen MR) is 94.4 cm³/mol. The highest BCUT2D eigenvalue weighted by Crippen LogP contribution is 2.22. The molecule has 2 aromatic carbocycles. The van der Waals surface area contributed by atoms with E-state index in [4.69, 9.17) is 0 Å². The molecule has 1 atom stereocenters. The van der Waals surface area contributed by atoms with Crippen molar-refractivity contribution < 1.29 is 9.59 Å². The third-order valence-electron chi connectivity index (χ3n) is 4.43. The van der Waals surface area contributed by atoms with Crippen molar-refractivity contribution in [2.75, 3.05) is 11.9 Å². The van der Waals surface area contributed by atoms with Gasteiger partial charge in [0.2, 0.25) is 11.8 Å². The number of nitrogens with one attached hydrogen (secondary N) is 1. The van der Waals surface area contributed by atoms with Crippen LogP contribution in [0.15, 0.2) is 54.6 Å². The summed E-state index contributed by atoms with van der Waals surface area (Å²) in [6.07, 6.45) is 1.26. The van der Waals surface area contributed by atoms with Crippen LogP contribution in [0.25, 0.3) is 0 Å². The standard InChI is InChI=1S/C20H22N2O2/c1-2-15-8-10-18(11-9-15)21-20(24)17-12-19(23)22(14-17)13-16-6-4-3-5-7-16/h3-11,17H,2,12-14H2,1H3,(H,21,24)/t17-/m1/s1. The number of carbonyl (C=O) groups excluding carboxylic acids is 2. The maximum atomic E-state index is 12.4. The van der Waals surface area contributed by atoms with Gasteiger partial charge >= 0.3 is 0 Å². The van der Waals surface area contributed by atoms with E-state index in [1.165, 1.54) is 5.56 Å². The molecule has 0 saturated carbocycles. The van der Waals surface area contributed by atoms with Gasteiger partial charge in [-0.1, -0.05) is 49.4 Å². The first-order valence-electron chi connectivity index (χ1n) is 8.37. The van der Waals surface area contributed by atoms with Gasteiger partial charge in [0.1, 0.15) is 0 Å². The zero-order valence-corrected chi connectivity index (χ0v) is 13.9. The topological polar surface area (TPSA) is 49.4 Å². The fourth-order valence-electron chi connectivity index (χ4n) is 2.97. The second kappa shape index (κ2) is 7.30. The maximum absolute atomic E-state index is 12.4. The summed E-state index contributed by atoms with van der Waals surface area (Å²) in [7, 11) is 0. The SMILES string of the molecule is CCc1ccc(NC(=O)[C@@H]2CC(=O)N(Cc3ccccc3)C2)cc1. The molecule has 1 aliphatic heterocycles. The number of amides is 2. The lowest BCUT2D eigenvalue weighted by atomic mass is 10.1. The van der Waals surface area contributed by atoms with Crippen molar-refractivity contribution in [3.8, 4) is 0 Å². The van der Waals surface area contributed by atoms with Gasteiger partial charge in [0, 0.05) is 25.2 Å². The van der Waals surface area contributed by atoms with Crippen molar-refractivity contribution in [1.29, 1.82) is 0 Å². The van der Waals surface area contributed by atoms with Gasteiger partial charge in [0.05, 0.1) is 5.92 Å². The summed E-state index contributed by atoms with van der Waals surface area (Å²) in [4.78, 5) is 26.4. The molecule has 1 saturated heterocycles. The van der Waals surface area contributed by atoms with Gasteiger partial charge in [-0.15, -0.1) is 0 Å². The number of rotatable bonds is 5. The second-order valence-electron chi connectivity index (χ2n) is 6.20. The first-order valence-corrected chi connectivity index (χ1v) is 8.37. The molecule has 124 valence electrons. The second-order valence-corrected chi connectivity index (χ2v) is 6.20. The quantitative estimate of drug-likeness (QED) is 0.919. The molecule has 4 nitrogen and oxygen atoms in total. The molecular formula is C20H22N2O2. The van der Waals surface area contributed by atoms with Crippen LogP contribution in [-0.2, 0) is 22.6 Å². The van der Waals surface area contributed by atoms with Crippen molar-refractivity contribution in [2.24, 2.45) is 5.92 Å². The van der Waals surface area contributed by atoms with E-state index >= 15 is 0 Å². The molecule has 1 fully saturated rings. The number of carbonyl (C=O) groups is 2. The Labute approximate surface area is 142 Å². The number of hydrogen-bond donors (Lipinski definition) is 1. The minimum absolute atomic E-state index is 0.0420. The largest absolute Gasteiger partial charge is 0.338 e. The third kappa shape index (κ3) is 3.82. The zero-order chi connectivity index (χ0) is 16.9.